The smallest absolute Gasteiger partial charge is 0.103 e. The number of hydrogen-bond donors (Lipinski definition) is 1. The first-order chi connectivity index (χ1) is 9.52. The number of rotatable bonds is 12. The zero-order valence-electron chi connectivity index (χ0n) is 14.3. The molecule has 0 aliphatic heterocycles. The molecule has 2 unspecified atom stereocenters. The maximum Gasteiger partial charge on any atom is 0.103 e. The first-order valence-electron chi connectivity index (χ1n) is 8.43. The summed E-state index contributed by atoms with van der Waals surface area (Å²) in [5, 5.41) is 12.5. The molecule has 0 radical (unpaired) electrons. The first-order valence-corrected chi connectivity index (χ1v) is 8.43. The van der Waals surface area contributed by atoms with Crippen LogP contribution in [0.3, 0.4) is 0 Å². The first kappa shape index (κ1) is 19.4. The standard InChI is InChI=1S/C17H35N3/c1-6-9-13-20(16(4)7-2)14-11-10-12-17(5,15-18)19-8-3/h16,19H,6-14H2,1-5H3. The van der Waals surface area contributed by atoms with Gasteiger partial charge in [0.05, 0.1) is 6.07 Å². The van der Waals surface area contributed by atoms with Gasteiger partial charge in [-0.05, 0) is 65.6 Å². The SMILES string of the molecule is CCCCN(CCCCC(C)(C#N)NCC)C(C)CC. The van der Waals surface area contributed by atoms with Crippen LogP contribution in [-0.4, -0.2) is 36.1 Å². The summed E-state index contributed by atoms with van der Waals surface area (Å²) in [5.74, 6) is 0. The van der Waals surface area contributed by atoms with E-state index in [1.807, 2.05) is 6.92 Å². The van der Waals surface area contributed by atoms with Crippen LogP contribution in [-0.2, 0) is 0 Å². The maximum absolute atomic E-state index is 9.24. The van der Waals surface area contributed by atoms with Crippen molar-refractivity contribution in [2.24, 2.45) is 0 Å². The minimum atomic E-state index is -0.348. The molecule has 0 rings (SSSR count). The molecule has 118 valence electrons. The highest BCUT2D eigenvalue weighted by atomic mass is 15.1. The molecule has 0 aliphatic rings. The van der Waals surface area contributed by atoms with Gasteiger partial charge in [0.1, 0.15) is 5.54 Å². The van der Waals surface area contributed by atoms with E-state index < -0.39 is 0 Å². The van der Waals surface area contributed by atoms with Crippen molar-refractivity contribution < 1.29 is 0 Å². The molecule has 0 bridgehead atoms. The van der Waals surface area contributed by atoms with Crippen LogP contribution < -0.4 is 5.32 Å². The van der Waals surface area contributed by atoms with Crippen molar-refractivity contribution in [3.05, 3.63) is 0 Å². The highest BCUT2D eigenvalue weighted by Crippen LogP contribution is 2.14. The van der Waals surface area contributed by atoms with Crippen molar-refractivity contribution in [3.63, 3.8) is 0 Å². The second-order valence-corrected chi connectivity index (χ2v) is 6.08. The third kappa shape index (κ3) is 7.87. The molecule has 0 heterocycles. The van der Waals surface area contributed by atoms with Crippen LogP contribution in [0.5, 0.6) is 0 Å². The van der Waals surface area contributed by atoms with Crippen molar-refractivity contribution in [3.8, 4) is 6.07 Å². The Hall–Kier alpha value is -0.590. The molecule has 20 heavy (non-hydrogen) atoms. The van der Waals surface area contributed by atoms with Crippen LogP contribution in [0.25, 0.3) is 0 Å². The van der Waals surface area contributed by atoms with E-state index in [2.05, 4.69) is 44.0 Å². The molecule has 0 aromatic heterocycles. The molecule has 0 amide bonds. The predicted molar refractivity (Wildman–Crippen MR) is 87.8 cm³/mol. The Balaban J connectivity index is 4.07. The van der Waals surface area contributed by atoms with Crippen molar-refractivity contribution in [2.75, 3.05) is 19.6 Å². The minimum absolute atomic E-state index is 0.348. The van der Waals surface area contributed by atoms with Crippen LogP contribution in [0.1, 0.15) is 73.1 Å². The fourth-order valence-corrected chi connectivity index (χ4v) is 2.54. The summed E-state index contributed by atoms with van der Waals surface area (Å²) in [4.78, 5) is 2.61. The van der Waals surface area contributed by atoms with E-state index in [1.54, 1.807) is 0 Å². The van der Waals surface area contributed by atoms with Gasteiger partial charge in [-0.1, -0.05) is 27.2 Å². The van der Waals surface area contributed by atoms with Gasteiger partial charge in [-0.3, -0.25) is 5.32 Å². The Labute approximate surface area is 126 Å². The van der Waals surface area contributed by atoms with Crippen molar-refractivity contribution in [1.82, 2.24) is 10.2 Å². The van der Waals surface area contributed by atoms with Crippen LogP contribution in [0.2, 0.25) is 0 Å². The van der Waals surface area contributed by atoms with Crippen LogP contribution >= 0.6 is 0 Å². The van der Waals surface area contributed by atoms with E-state index in [4.69, 9.17) is 0 Å². The largest absolute Gasteiger partial charge is 0.301 e. The van der Waals surface area contributed by atoms with Crippen molar-refractivity contribution in [2.45, 2.75) is 84.7 Å². The van der Waals surface area contributed by atoms with Crippen molar-refractivity contribution in [1.29, 1.82) is 5.26 Å². The summed E-state index contributed by atoms with van der Waals surface area (Å²) in [6.45, 7) is 14.2. The highest BCUT2D eigenvalue weighted by molar-refractivity contribution is 5.03. The molecule has 0 fully saturated rings. The number of hydrogen-bond acceptors (Lipinski definition) is 3. The quantitative estimate of drug-likeness (QED) is 0.551. The second-order valence-electron chi connectivity index (χ2n) is 6.08. The predicted octanol–water partition coefficient (Wildman–Crippen LogP) is 3.95. The van der Waals surface area contributed by atoms with Gasteiger partial charge in [0.15, 0.2) is 0 Å². The zero-order valence-corrected chi connectivity index (χ0v) is 14.3. The normalized spacial score (nSPS) is 15.8. The molecule has 0 spiro atoms. The molecule has 3 heteroatoms. The molecule has 0 saturated carbocycles. The topological polar surface area (TPSA) is 39.1 Å². The summed E-state index contributed by atoms with van der Waals surface area (Å²) < 4.78 is 0. The Morgan fingerprint density at radius 1 is 1.15 bits per heavy atom. The summed E-state index contributed by atoms with van der Waals surface area (Å²) >= 11 is 0. The van der Waals surface area contributed by atoms with Gasteiger partial charge in [0.2, 0.25) is 0 Å². The molecule has 0 aliphatic carbocycles. The fraction of sp³-hybridized carbons (Fsp3) is 0.941. The summed E-state index contributed by atoms with van der Waals surface area (Å²) in [6, 6.07) is 3.09. The molecule has 0 aromatic rings. The van der Waals surface area contributed by atoms with Crippen molar-refractivity contribution >= 4 is 0 Å². The average molecular weight is 281 g/mol. The Bertz CT molecular complexity index is 272. The van der Waals surface area contributed by atoms with Gasteiger partial charge < -0.3 is 4.90 Å². The summed E-state index contributed by atoms with van der Waals surface area (Å²) in [6.07, 6.45) is 7.03. The summed E-state index contributed by atoms with van der Waals surface area (Å²) in [7, 11) is 0. The van der Waals surface area contributed by atoms with Gasteiger partial charge in [0, 0.05) is 6.04 Å². The van der Waals surface area contributed by atoms with Crippen LogP contribution in [0.4, 0.5) is 0 Å². The van der Waals surface area contributed by atoms with E-state index in [0.29, 0.717) is 6.04 Å². The molecule has 0 saturated heterocycles. The third-order valence-electron chi connectivity index (χ3n) is 4.20. The number of nitrogens with one attached hydrogen (secondary N) is 1. The van der Waals surface area contributed by atoms with Gasteiger partial charge in [-0.25, -0.2) is 0 Å². The lowest BCUT2D eigenvalue weighted by Crippen LogP contribution is -2.41. The van der Waals surface area contributed by atoms with E-state index in [9.17, 15) is 5.26 Å². The molecule has 3 nitrogen and oxygen atoms in total. The minimum Gasteiger partial charge on any atom is -0.301 e. The van der Waals surface area contributed by atoms with Crippen LogP contribution in [0, 0.1) is 11.3 Å². The summed E-state index contributed by atoms with van der Waals surface area (Å²) in [5.41, 5.74) is -0.348. The van der Waals surface area contributed by atoms with E-state index in [1.165, 1.54) is 38.8 Å². The number of nitrogens with zero attached hydrogens (tertiary/aromatic N) is 2. The van der Waals surface area contributed by atoms with E-state index in [-0.39, 0.29) is 5.54 Å². The Kier molecular flexibility index (Phi) is 10.8. The molecule has 2 atom stereocenters. The van der Waals surface area contributed by atoms with E-state index in [0.717, 1.165) is 19.4 Å². The van der Waals surface area contributed by atoms with Gasteiger partial charge in [0.25, 0.3) is 0 Å². The van der Waals surface area contributed by atoms with Gasteiger partial charge in [-0.2, -0.15) is 5.26 Å². The third-order valence-corrected chi connectivity index (χ3v) is 4.20. The van der Waals surface area contributed by atoms with Gasteiger partial charge in [-0.15, -0.1) is 0 Å². The average Bonchev–Trinajstić information content (AvgIpc) is 2.46. The molecule has 0 aromatic carbocycles. The van der Waals surface area contributed by atoms with Gasteiger partial charge >= 0.3 is 0 Å². The molecule has 1 N–H and O–H groups in total. The fourth-order valence-electron chi connectivity index (χ4n) is 2.54. The Morgan fingerprint density at radius 2 is 1.80 bits per heavy atom. The second kappa shape index (κ2) is 11.1. The van der Waals surface area contributed by atoms with Crippen LogP contribution in [0.15, 0.2) is 0 Å². The lowest BCUT2D eigenvalue weighted by atomic mass is 9.96. The zero-order chi connectivity index (χ0) is 15.4. The lowest BCUT2D eigenvalue weighted by molar-refractivity contribution is 0.195. The lowest BCUT2D eigenvalue weighted by Gasteiger charge is -2.29. The Morgan fingerprint density at radius 3 is 2.30 bits per heavy atom. The highest BCUT2D eigenvalue weighted by Gasteiger charge is 2.21. The monoisotopic (exact) mass is 281 g/mol. The number of nitriles is 1. The molecular weight excluding hydrogens is 246 g/mol. The van der Waals surface area contributed by atoms with E-state index >= 15 is 0 Å². The number of unbranched alkanes of at least 4 members (excludes halogenated alkanes) is 2. The maximum atomic E-state index is 9.24. The molecular formula is C17H35N3.